The van der Waals surface area contributed by atoms with Crippen LogP contribution >= 0.6 is 0 Å². The Balaban J connectivity index is 1.94. The molecule has 2 rings (SSSR count). The third-order valence-electron chi connectivity index (χ3n) is 4.26. The fourth-order valence-corrected chi connectivity index (χ4v) is 3.64. The number of hydrogen-bond acceptors (Lipinski definition) is 1. The second-order valence-electron chi connectivity index (χ2n) is 4.98. The zero-order chi connectivity index (χ0) is 9.10. The van der Waals surface area contributed by atoms with Gasteiger partial charge in [0, 0.05) is 0 Å². The average molecular weight is 181 g/mol. The number of fused-ring (bicyclic) bond motifs is 1. The molecule has 2 N–H and O–H groups in total. The summed E-state index contributed by atoms with van der Waals surface area (Å²) in [4.78, 5) is 0. The lowest BCUT2D eigenvalue weighted by Gasteiger charge is -2.41. The monoisotopic (exact) mass is 181 g/mol. The summed E-state index contributed by atoms with van der Waals surface area (Å²) in [5, 5.41) is 0. The van der Waals surface area contributed by atoms with Gasteiger partial charge in [0.15, 0.2) is 0 Å². The van der Waals surface area contributed by atoms with Crippen molar-refractivity contribution in [3.8, 4) is 0 Å². The van der Waals surface area contributed by atoms with E-state index < -0.39 is 0 Å². The van der Waals surface area contributed by atoms with Crippen LogP contribution in [0.25, 0.3) is 0 Å². The number of rotatable bonds is 2. The Morgan fingerprint density at radius 2 is 1.69 bits per heavy atom. The maximum atomic E-state index is 5.68. The van der Waals surface area contributed by atoms with Crippen LogP contribution in [-0.4, -0.2) is 6.54 Å². The van der Waals surface area contributed by atoms with Crippen LogP contribution in [0.5, 0.6) is 0 Å². The van der Waals surface area contributed by atoms with Gasteiger partial charge in [0.25, 0.3) is 0 Å². The zero-order valence-corrected chi connectivity index (χ0v) is 8.67. The lowest BCUT2D eigenvalue weighted by molar-refractivity contribution is 0.0995. The van der Waals surface area contributed by atoms with E-state index in [9.17, 15) is 0 Å². The van der Waals surface area contributed by atoms with E-state index in [0.29, 0.717) is 0 Å². The van der Waals surface area contributed by atoms with Gasteiger partial charge in [-0.15, -0.1) is 0 Å². The second kappa shape index (κ2) is 4.45. The first-order valence-electron chi connectivity index (χ1n) is 6.12. The van der Waals surface area contributed by atoms with Gasteiger partial charge in [-0.3, -0.25) is 0 Å². The molecule has 0 aromatic rings. The summed E-state index contributed by atoms with van der Waals surface area (Å²) >= 11 is 0. The van der Waals surface area contributed by atoms with Gasteiger partial charge in [-0.1, -0.05) is 38.5 Å². The first kappa shape index (κ1) is 9.51. The molecule has 3 unspecified atom stereocenters. The van der Waals surface area contributed by atoms with E-state index in [1.54, 1.807) is 0 Å². The van der Waals surface area contributed by atoms with Crippen molar-refractivity contribution in [1.29, 1.82) is 0 Å². The Morgan fingerprint density at radius 3 is 2.54 bits per heavy atom. The molecule has 2 fully saturated rings. The average Bonchev–Trinajstić information content (AvgIpc) is 2.19. The fraction of sp³-hybridized carbons (Fsp3) is 1.00. The van der Waals surface area contributed by atoms with E-state index >= 15 is 0 Å². The molecule has 2 aliphatic rings. The van der Waals surface area contributed by atoms with E-state index in [4.69, 9.17) is 5.73 Å². The van der Waals surface area contributed by atoms with E-state index in [0.717, 1.165) is 24.3 Å². The molecule has 0 aromatic heterocycles. The molecule has 0 heterocycles. The molecular weight excluding hydrogens is 158 g/mol. The summed E-state index contributed by atoms with van der Waals surface area (Å²) in [6.45, 7) is 0.911. The molecule has 13 heavy (non-hydrogen) atoms. The highest BCUT2D eigenvalue weighted by molar-refractivity contribution is 4.85. The van der Waals surface area contributed by atoms with Crippen LogP contribution in [0.15, 0.2) is 0 Å². The Hall–Kier alpha value is -0.0400. The van der Waals surface area contributed by atoms with Crippen LogP contribution in [-0.2, 0) is 0 Å². The van der Waals surface area contributed by atoms with Gasteiger partial charge in [0.2, 0.25) is 0 Å². The van der Waals surface area contributed by atoms with E-state index in [2.05, 4.69) is 0 Å². The molecule has 3 atom stereocenters. The SMILES string of the molecule is NCCC1CCCC2CCCCC12. The van der Waals surface area contributed by atoms with Gasteiger partial charge in [-0.05, 0) is 37.1 Å². The van der Waals surface area contributed by atoms with E-state index in [1.165, 1.54) is 51.4 Å². The minimum atomic E-state index is 0.911. The van der Waals surface area contributed by atoms with Crippen LogP contribution < -0.4 is 5.73 Å². The molecule has 0 amide bonds. The second-order valence-corrected chi connectivity index (χ2v) is 4.98. The smallest absolute Gasteiger partial charge is 0.00745 e. The molecule has 0 radical (unpaired) electrons. The van der Waals surface area contributed by atoms with Crippen molar-refractivity contribution in [3.63, 3.8) is 0 Å². The highest BCUT2D eigenvalue weighted by atomic mass is 14.5. The highest BCUT2D eigenvalue weighted by Gasteiger charge is 2.33. The standard InChI is InChI=1S/C12H23N/c13-9-8-11-6-3-5-10-4-1-2-7-12(10)11/h10-12H,1-9,13H2. The lowest BCUT2D eigenvalue weighted by Crippen LogP contribution is -2.32. The van der Waals surface area contributed by atoms with Gasteiger partial charge in [-0.2, -0.15) is 0 Å². The number of nitrogens with two attached hydrogens (primary N) is 1. The molecule has 1 heteroatoms. The minimum Gasteiger partial charge on any atom is -0.330 e. The van der Waals surface area contributed by atoms with Crippen LogP contribution in [0.2, 0.25) is 0 Å². The molecule has 0 saturated heterocycles. The summed E-state index contributed by atoms with van der Waals surface area (Å²) in [5.41, 5.74) is 5.68. The fourth-order valence-electron chi connectivity index (χ4n) is 3.64. The molecule has 76 valence electrons. The van der Waals surface area contributed by atoms with Crippen molar-refractivity contribution in [1.82, 2.24) is 0 Å². The van der Waals surface area contributed by atoms with Crippen LogP contribution in [0.4, 0.5) is 0 Å². The van der Waals surface area contributed by atoms with Gasteiger partial charge >= 0.3 is 0 Å². The predicted octanol–water partition coefficient (Wildman–Crippen LogP) is 2.94. The van der Waals surface area contributed by atoms with E-state index in [-0.39, 0.29) is 0 Å². The highest BCUT2D eigenvalue weighted by Crippen LogP contribution is 2.44. The minimum absolute atomic E-state index is 0.911. The Kier molecular flexibility index (Phi) is 3.26. The van der Waals surface area contributed by atoms with Gasteiger partial charge in [-0.25, -0.2) is 0 Å². The van der Waals surface area contributed by atoms with Gasteiger partial charge < -0.3 is 5.73 Å². The predicted molar refractivity (Wildman–Crippen MR) is 56.5 cm³/mol. The molecule has 0 spiro atoms. The third kappa shape index (κ3) is 2.07. The molecule has 1 nitrogen and oxygen atoms in total. The summed E-state index contributed by atoms with van der Waals surface area (Å²) in [7, 11) is 0. The normalized spacial score (nSPS) is 39.9. The molecular formula is C12H23N. The lowest BCUT2D eigenvalue weighted by atomic mass is 9.65. The van der Waals surface area contributed by atoms with E-state index in [1.807, 2.05) is 0 Å². The van der Waals surface area contributed by atoms with Crippen molar-refractivity contribution < 1.29 is 0 Å². The van der Waals surface area contributed by atoms with Crippen molar-refractivity contribution in [2.75, 3.05) is 6.54 Å². The Labute approximate surface area is 82.1 Å². The molecule has 0 bridgehead atoms. The maximum absolute atomic E-state index is 5.68. The first-order chi connectivity index (χ1) is 6.42. The first-order valence-corrected chi connectivity index (χ1v) is 6.12. The molecule has 0 aromatic carbocycles. The summed E-state index contributed by atoms with van der Waals surface area (Å²) in [6.07, 6.45) is 11.8. The third-order valence-corrected chi connectivity index (χ3v) is 4.26. The number of hydrogen-bond donors (Lipinski definition) is 1. The Bertz CT molecular complexity index is 151. The van der Waals surface area contributed by atoms with Crippen LogP contribution in [0.1, 0.15) is 51.4 Å². The quantitative estimate of drug-likeness (QED) is 0.696. The molecule has 0 aliphatic heterocycles. The summed E-state index contributed by atoms with van der Waals surface area (Å²) < 4.78 is 0. The van der Waals surface area contributed by atoms with Crippen LogP contribution in [0, 0.1) is 17.8 Å². The topological polar surface area (TPSA) is 26.0 Å². The summed E-state index contributed by atoms with van der Waals surface area (Å²) in [5.74, 6) is 3.13. The van der Waals surface area contributed by atoms with Crippen molar-refractivity contribution in [2.24, 2.45) is 23.5 Å². The van der Waals surface area contributed by atoms with Crippen molar-refractivity contribution in [3.05, 3.63) is 0 Å². The van der Waals surface area contributed by atoms with Crippen LogP contribution in [0.3, 0.4) is 0 Å². The zero-order valence-electron chi connectivity index (χ0n) is 8.67. The van der Waals surface area contributed by atoms with Gasteiger partial charge in [0.05, 0.1) is 0 Å². The van der Waals surface area contributed by atoms with Crippen molar-refractivity contribution >= 4 is 0 Å². The molecule has 2 aliphatic carbocycles. The Morgan fingerprint density at radius 1 is 0.923 bits per heavy atom. The van der Waals surface area contributed by atoms with Crippen molar-refractivity contribution in [2.45, 2.75) is 51.4 Å². The van der Waals surface area contributed by atoms with Gasteiger partial charge in [0.1, 0.15) is 0 Å². The molecule has 2 saturated carbocycles. The largest absolute Gasteiger partial charge is 0.330 e. The summed E-state index contributed by atoms with van der Waals surface area (Å²) in [6, 6.07) is 0. The maximum Gasteiger partial charge on any atom is -0.00745 e.